The van der Waals surface area contributed by atoms with Crippen molar-refractivity contribution in [2.24, 2.45) is 5.92 Å². The van der Waals surface area contributed by atoms with Crippen molar-refractivity contribution in [3.8, 4) is 5.88 Å². The molecule has 1 aliphatic rings. The monoisotopic (exact) mass is 309 g/mol. The summed E-state index contributed by atoms with van der Waals surface area (Å²) in [6.07, 6.45) is 3.58. The van der Waals surface area contributed by atoms with Gasteiger partial charge < -0.3 is 14.0 Å². The largest absolute Gasteiger partial charge is 0.481 e. The molecule has 114 valence electrons. The summed E-state index contributed by atoms with van der Waals surface area (Å²) >= 11 is 5.99. The molecule has 0 radical (unpaired) electrons. The van der Waals surface area contributed by atoms with Gasteiger partial charge in [0.05, 0.1) is 13.0 Å². The molecular formula is C15H20ClN3O2. The zero-order chi connectivity index (χ0) is 14.7. The van der Waals surface area contributed by atoms with Gasteiger partial charge in [0.1, 0.15) is 11.3 Å². The maximum atomic E-state index is 5.99. The number of methoxy groups -OCH3 is 1. The van der Waals surface area contributed by atoms with Crippen molar-refractivity contribution in [2.75, 3.05) is 20.3 Å². The number of rotatable bonds is 8. The van der Waals surface area contributed by atoms with E-state index >= 15 is 0 Å². The van der Waals surface area contributed by atoms with E-state index < -0.39 is 0 Å². The molecule has 0 N–H and O–H groups in total. The first-order chi connectivity index (χ1) is 10.3. The fourth-order valence-electron chi connectivity index (χ4n) is 2.34. The van der Waals surface area contributed by atoms with E-state index in [1.54, 1.807) is 7.11 Å². The van der Waals surface area contributed by atoms with Crippen LogP contribution in [0.3, 0.4) is 0 Å². The highest BCUT2D eigenvalue weighted by Gasteiger charge is 2.21. The van der Waals surface area contributed by atoms with Crippen LogP contribution >= 0.6 is 11.6 Å². The van der Waals surface area contributed by atoms with Crippen molar-refractivity contribution in [1.29, 1.82) is 0 Å². The van der Waals surface area contributed by atoms with Crippen molar-refractivity contribution in [3.05, 3.63) is 18.0 Å². The number of aryl methyl sites for hydroxylation is 1. The number of pyridine rings is 1. The Hall–Kier alpha value is -1.33. The third-order valence-electron chi connectivity index (χ3n) is 3.70. The lowest BCUT2D eigenvalue weighted by Crippen LogP contribution is -2.07. The number of ether oxygens (including phenoxy) is 2. The van der Waals surface area contributed by atoms with E-state index in [-0.39, 0.29) is 0 Å². The third-order valence-corrected chi connectivity index (χ3v) is 3.93. The summed E-state index contributed by atoms with van der Waals surface area (Å²) in [5, 5.41) is 0. The van der Waals surface area contributed by atoms with E-state index in [1.807, 2.05) is 12.1 Å². The van der Waals surface area contributed by atoms with Crippen molar-refractivity contribution in [3.63, 3.8) is 0 Å². The molecule has 1 saturated carbocycles. The van der Waals surface area contributed by atoms with E-state index in [1.165, 1.54) is 12.8 Å². The highest BCUT2D eigenvalue weighted by Crippen LogP contribution is 2.28. The molecule has 0 amide bonds. The lowest BCUT2D eigenvalue weighted by Gasteiger charge is -2.08. The topological polar surface area (TPSA) is 49.2 Å². The predicted octanol–water partition coefficient (Wildman–Crippen LogP) is 3.00. The Labute approximate surface area is 129 Å². The second-order valence-electron chi connectivity index (χ2n) is 5.38. The maximum absolute atomic E-state index is 5.99. The first-order valence-electron chi connectivity index (χ1n) is 7.35. The zero-order valence-electron chi connectivity index (χ0n) is 12.2. The van der Waals surface area contributed by atoms with Crippen LogP contribution in [-0.4, -0.2) is 34.9 Å². The molecule has 21 heavy (non-hydrogen) atoms. The van der Waals surface area contributed by atoms with Gasteiger partial charge in [-0.2, -0.15) is 4.98 Å². The molecule has 0 unspecified atom stereocenters. The molecule has 0 saturated heterocycles. The van der Waals surface area contributed by atoms with Gasteiger partial charge in [-0.3, -0.25) is 0 Å². The number of nitrogens with zero attached hydrogens (tertiary/aromatic N) is 3. The zero-order valence-corrected chi connectivity index (χ0v) is 13.0. The first-order valence-corrected chi connectivity index (χ1v) is 7.89. The van der Waals surface area contributed by atoms with Crippen molar-refractivity contribution in [1.82, 2.24) is 14.5 Å². The maximum Gasteiger partial charge on any atom is 0.215 e. The molecule has 2 aromatic heterocycles. The van der Waals surface area contributed by atoms with Crippen molar-refractivity contribution >= 4 is 22.8 Å². The lowest BCUT2D eigenvalue weighted by molar-refractivity contribution is 0.119. The van der Waals surface area contributed by atoms with Gasteiger partial charge in [-0.15, -0.1) is 11.6 Å². The minimum absolute atomic E-state index is 0.377. The molecule has 1 fully saturated rings. The van der Waals surface area contributed by atoms with Crippen LogP contribution in [0.15, 0.2) is 12.1 Å². The van der Waals surface area contributed by atoms with Crippen molar-refractivity contribution in [2.45, 2.75) is 31.7 Å². The Morgan fingerprint density at radius 2 is 2.19 bits per heavy atom. The van der Waals surface area contributed by atoms with Gasteiger partial charge in [0.25, 0.3) is 0 Å². The Morgan fingerprint density at radius 3 is 2.90 bits per heavy atom. The highest BCUT2D eigenvalue weighted by molar-refractivity contribution is 6.16. The molecule has 2 aromatic rings. The molecule has 2 heterocycles. The summed E-state index contributed by atoms with van der Waals surface area (Å²) in [7, 11) is 1.61. The second kappa shape index (κ2) is 6.62. The minimum atomic E-state index is 0.377. The van der Waals surface area contributed by atoms with Gasteiger partial charge >= 0.3 is 0 Å². The summed E-state index contributed by atoms with van der Waals surface area (Å²) in [5.41, 5.74) is 1.68. The molecule has 6 heteroatoms. The Morgan fingerprint density at radius 1 is 1.33 bits per heavy atom. The molecule has 1 aliphatic carbocycles. The Kier molecular flexibility index (Phi) is 4.60. The Balaban J connectivity index is 1.68. The molecule has 0 spiro atoms. The average Bonchev–Trinajstić information content (AvgIpc) is 3.27. The SMILES string of the molecule is COc1ccc2nc(CCl)n(CCCOCC3CC3)c2n1. The van der Waals surface area contributed by atoms with E-state index in [0.29, 0.717) is 11.8 Å². The second-order valence-corrected chi connectivity index (χ2v) is 5.65. The van der Waals surface area contributed by atoms with Crippen LogP contribution in [0.4, 0.5) is 0 Å². The van der Waals surface area contributed by atoms with Crippen LogP contribution in [-0.2, 0) is 17.2 Å². The summed E-state index contributed by atoms with van der Waals surface area (Å²) in [6.45, 7) is 2.48. The number of hydrogen-bond donors (Lipinski definition) is 0. The molecule has 0 aliphatic heterocycles. The van der Waals surface area contributed by atoms with Gasteiger partial charge in [-0.25, -0.2) is 4.98 Å². The number of alkyl halides is 1. The van der Waals surface area contributed by atoms with Crippen LogP contribution in [0.5, 0.6) is 5.88 Å². The summed E-state index contributed by atoms with van der Waals surface area (Å²) < 4.78 is 12.9. The molecule has 0 atom stereocenters. The standard InChI is InChI=1S/C15H20ClN3O2/c1-20-14-6-5-12-15(18-14)19(13(9-16)17-12)7-2-8-21-10-11-3-4-11/h5-6,11H,2-4,7-10H2,1H3. The van der Waals surface area contributed by atoms with Crippen molar-refractivity contribution < 1.29 is 9.47 Å². The van der Waals surface area contributed by atoms with Gasteiger partial charge in [-0.05, 0) is 31.2 Å². The summed E-state index contributed by atoms with van der Waals surface area (Å²) in [5.74, 6) is 2.62. The third kappa shape index (κ3) is 3.47. The number of imidazole rings is 1. The molecule has 5 nitrogen and oxygen atoms in total. The van der Waals surface area contributed by atoms with Gasteiger partial charge in [0, 0.05) is 25.8 Å². The Bertz CT molecular complexity index is 610. The van der Waals surface area contributed by atoms with E-state index in [9.17, 15) is 0 Å². The van der Waals surface area contributed by atoms with Crippen LogP contribution in [0.2, 0.25) is 0 Å². The number of halogens is 1. The predicted molar refractivity (Wildman–Crippen MR) is 81.8 cm³/mol. The smallest absolute Gasteiger partial charge is 0.215 e. The molecule has 0 bridgehead atoms. The number of hydrogen-bond acceptors (Lipinski definition) is 4. The fraction of sp³-hybridized carbons (Fsp3) is 0.600. The number of fused-ring (bicyclic) bond motifs is 1. The summed E-state index contributed by atoms with van der Waals surface area (Å²) in [6, 6.07) is 3.73. The quantitative estimate of drug-likeness (QED) is 0.555. The number of aromatic nitrogens is 3. The van der Waals surface area contributed by atoms with Gasteiger partial charge in [0.15, 0.2) is 5.65 Å². The van der Waals surface area contributed by atoms with Crippen LogP contribution in [0, 0.1) is 5.92 Å². The molecule has 0 aromatic carbocycles. The van der Waals surface area contributed by atoms with Gasteiger partial charge in [-0.1, -0.05) is 0 Å². The van der Waals surface area contributed by atoms with E-state index in [0.717, 1.165) is 49.1 Å². The first kappa shape index (κ1) is 14.6. The summed E-state index contributed by atoms with van der Waals surface area (Å²) in [4.78, 5) is 8.99. The van der Waals surface area contributed by atoms with E-state index in [2.05, 4.69) is 14.5 Å². The van der Waals surface area contributed by atoms with E-state index in [4.69, 9.17) is 21.1 Å². The van der Waals surface area contributed by atoms with Crippen LogP contribution in [0.25, 0.3) is 11.2 Å². The van der Waals surface area contributed by atoms with Gasteiger partial charge in [0.2, 0.25) is 5.88 Å². The fourth-order valence-corrected chi connectivity index (χ4v) is 2.55. The molecular weight excluding hydrogens is 290 g/mol. The average molecular weight is 310 g/mol. The lowest BCUT2D eigenvalue weighted by atomic mass is 10.4. The normalized spacial score (nSPS) is 14.8. The van der Waals surface area contributed by atoms with Crippen LogP contribution in [0.1, 0.15) is 25.1 Å². The minimum Gasteiger partial charge on any atom is -0.481 e. The molecule has 3 rings (SSSR count). The van der Waals surface area contributed by atoms with Crippen LogP contribution < -0.4 is 4.74 Å². The highest BCUT2D eigenvalue weighted by atomic mass is 35.5.